The number of nitrogens with one attached hydrogen (secondary N) is 2. The van der Waals surface area contributed by atoms with Gasteiger partial charge in [0.15, 0.2) is 0 Å². The molecule has 25 heavy (non-hydrogen) atoms. The van der Waals surface area contributed by atoms with E-state index >= 15 is 0 Å². The van der Waals surface area contributed by atoms with Gasteiger partial charge >= 0.3 is 0 Å². The number of hydrogen-bond donors (Lipinski definition) is 2. The molecule has 5 nitrogen and oxygen atoms in total. The molecule has 0 atom stereocenters. The molecule has 5 heteroatoms. The largest absolute Gasteiger partial charge is 0.357 e. The highest BCUT2D eigenvalue weighted by molar-refractivity contribution is 5.92. The van der Waals surface area contributed by atoms with Crippen LogP contribution in [0, 0.1) is 0 Å². The Labute approximate surface area is 149 Å². The molecule has 0 aliphatic carbocycles. The Balaban J connectivity index is 1.45. The molecular formula is C20H26N4O. The fourth-order valence-electron chi connectivity index (χ4n) is 3.07. The number of pyridine rings is 1. The summed E-state index contributed by atoms with van der Waals surface area (Å²) in [7, 11) is 0. The van der Waals surface area contributed by atoms with Crippen molar-refractivity contribution in [3.8, 4) is 0 Å². The van der Waals surface area contributed by atoms with Gasteiger partial charge in [-0.15, -0.1) is 0 Å². The van der Waals surface area contributed by atoms with Crippen molar-refractivity contribution >= 4 is 17.4 Å². The number of nitrogens with zero attached hydrogens (tertiary/aromatic N) is 2. The summed E-state index contributed by atoms with van der Waals surface area (Å²) in [5.74, 6) is 0.947. The van der Waals surface area contributed by atoms with E-state index in [1.807, 2.05) is 42.5 Å². The average Bonchev–Trinajstić information content (AvgIpc) is 2.93. The minimum atomic E-state index is -0.0553. The summed E-state index contributed by atoms with van der Waals surface area (Å²) < 4.78 is 0. The fourth-order valence-corrected chi connectivity index (χ4v) is 3.07. The standard InChI is InChI=1S/C20H26N4O/c25-20(16-21-14-17-8-4-3-5-9-17)23-18-10-11-19(22-15-18)24-12-6-1-2-7-13-24/h3-5,8-11,15,21H,1-2,6-7,12-14,16H2,(H,23,25). The third-order valence-corrected chi connectivity index (χ3v) is 4.42. The lowest BCUT2D eigenvalue weighted by Gasteiger charge is -2.21. The van der Waals surface area contributed by atoms with E-state index in [1.165, 1.54) is 31.2 Å². The number of hydrogen-bond acceptors (Lipinski definition) is 4. The van der Waals surface area contributed by atoms with Crippen LogP contribution in [0.25, 0.3) is 0 Å². The van der Waals surface area contributed by atoms with Crippen LogP contribution in [-0.2, 0) is 11.3 Å². The summed E-state index contributed by atoms with van der Waals surface area (Å²) in [6, 6.07) is 14.0. The normalized spacial score (nSPS) is 14.8. The van der Waals surface area contributed by atoms with E-state index < -0.39 is 0 Å². The van der Waals surface area contributed by atoms with Gasteiger partial charge in [0.25, 0.3) is 0 Å². The molecule has 1 aliphatic rings. The lowest BCUT2D eigenvalue weighted by atomic mass is 10.2. The van der Waals surface area contributed by atoms with Crippen molar-refractivity contribution in [2.75, 3.05) is 29.9 Å². The molecule has 2 N–H and O–H groups in total. The van der Waals surface area contributed by atoms with E-state index in [2.05, 4.69) is 20.5 Å². The van der Waals surface area contributed by atoms with Crippen LogP contribution in [0.4, 0.5) is 11.5 Å². The summed E-state index contributed by atoms with van der Waals surface area (Å²) in [6.45, 7) is 3.10. The molecule has 1 aliphatic heterocycles. The van der Waals surface area contributed by atoms with Gasteiger partial charge in [0.2, 0.25) is 5.91 Å². The number of anilines is 2. The van der Waals surface area contributed by atoms with Crippen LogP contribution >= 0.6 is 0 Å². The molecular weight excluding hydrogens is 312 g/mol. The SMILES string of the molecule is O=C(CNCc1ccccc1)Nc1ccc(N2CCCCCC2)nc1. The zero-order valence-corrected chi connectivity index (χ0v) is 14.6. The second-order valence-electron chi connectivity index (χ2n) is 6.44. The lowest BCUT2D eigenvalue weighted by Crippen LogP contribution is -2.28. The highest BCUT2D eigenvalue weighted by atomic mass is 16.1. The first kappa shape index (κ1) is 17.4. The quantitative estimate of drug-likeness (QED) is 0.849. The molecule has 1 amide bonds. The molecule has 1 aromatic carbocycles. The topological polar surface area (TPSA) is 57.3 Å². The van der Waals surface area contributed by atoms with Crippen molar-refractivity contribution in [1.29, 1.82) is 0 Å². The monoisotopic (exact) mass is 338 g/mol. The Hall–Kier alpha value is -2.40. The predicted octanol–water partition coefficient (Wildman–Crippen LogP) is 3.19. The first-order chi connectivity index (χ1) is 12.3. The van der Waals surface area contributed by atoms with Crippen LogP contribution in [0.1, 0.15) is 31.2 Å². The molecule has 1 aromatic heterocycles. The molecule has 2 heterocycles. The minimum Gasteiger partial charge on any atom is -0.357 e. The number of aromatic nitrogens is 1. The highest BCUT2D eigenvalue weighted by Crippen LogP contribution is 2.18. The molecule has 1 saturated heterocycles. The van der Waals surface area contributed by atoms with Crippen LogP contribution in [0.3, 0.4) is 0 Å². The van der Waals surface area contributed by atoms with Crippen LogP contribution in [0.5, 0.6) is 0 Å². The molecule has 1 fully saturated rings. The second-order valence-corrected chi connectivity index (χ2v) is 6.44. The van der Waals surface area contributed by atoms with Gasteiger partial charge in [-0.25, -0.2) is 4.98 Å². The summed E-state index contributed by atoms with van der Waals surface area (Å²) >= 11 is 0. The highest BCUT2D eigenvalue weighted by Gasteiger charge is 2.11. The maximum absolute atomic E-state index is 12.0. The maximum atomic E-state index is 12.0. The third-order valence-electron chi connectivity index (χ3n) is 4.42. The van der Waals surface area contributed by atoms with Crippen molar-refractivity contribution in [3.05, 3.63) is 54.2 Å². The van der Waals surface area contributed by atoms with Crippen LogP contribution in [0.15, 0.2) is 48.7 Å². The second kappa shape index (κ2) is 9.18. The summed E-state index contributed by atoms with van der Waals surface area (Å²) in [4.78, 5) is 18.9. The Morgan fingerprint density at radius 3 is 2.44 bits per heavy atom. The summed E-state index contributed by atoms with van der Waals surface area (Å²) in [5.41, 5.74) is 1.91. The maximum Gasteiger partial charge on any atom is 0.238 e. The van der Waals surface area contributed by atoms with Gasteiger partial charge in [-0.05, 0) is 30.5 Å². The van der Waals surface area contributed by atoms with Crippen molar-refractivity contribution < 1.29 is 4.79 Å². The zero-order valence-electron chi connectivity index (χ0n) is 14.6. The van der Waals surface area contributed by atoms with Gasteiger partial charge in [0.05, 0.1) is 18.4 Å². The predicted molar refractivity (Wildman–Crippen MR) is 102 cm³/mol. The Morgan fingerprint density at radius 2 is 1.76 bits per heavy atom. The molecule has 132 valence electrons. The molecule has 0 radical (unpaired) electrons. The zero-order chi connectivity index (χ0) is 17.3. The molecule has 0 bridgehead atoms. The Bertz CT molecular complexity index is 649. The molecule has 0 spiro atoms. The summed E-state index contributed by atoms with van der Waals surface area (Å²) in [5, 5.41) is 6.04. The number of benzene rings is 1. The van der Waals surface area contributed by atoms with E-state index in [9.17, 15) is 4.79 Å². The van der Waals surface area contributed by atoms with Crippen LogP contribution in [-0.4, -0.2) is 30.5 Å². The Morgan fingerprint density at radius 1 is 1.00 bits per heavy atom. The Kier molecular flexibility index (Phi) is 6.40. The lowest BCUT2D eigenvalue weighted by molar-refractivity contribution is -0.115. The van der Waals surface area contributed by atoms with Crippen molar-refractivity contribution in [2.45, 2.75) is 32.2 Å². The number of rotatable bonds is 6. The smallest absolute Gasteiger partial charge is 0.238 e. The van der Waals surface area contributed by atoms with E-state index in [4.69, 9.17) is 0 Å². The van der Waals surface area contributed by atoms with Crippen molar-refractivity contribution in [1.82, 2.24) is 10.3 Å². The van der Waals surface area contributed by atoms with Gasteiger partial charge in [0, 0.05) is 19.6 Å². The first-order valence-corrected chi connectivity index (χ1v) is 9.07. The molecule has 0 unspecified atom stereocenters. The molecule has 2 aromatic rings. The fraction of sp³-hybridized carbons (Fsp3) is 0.400. The third kappa shape index (κ3) is 5.57. The van der Waals surface area contributed by atoms with E-state index in [-0.39, 0.29) is 12.5 Å². The van der Waals surface area contributed by atoms with Crippen LogP contribution < -0.4 is 15.5 Å². The first-order valence-electron chi connectivity index (χ1n) is 9.07. The molecule has 3 rings (SSSR count). The van der Waals surface area contributed by atoms with E-state index in [0.29, 0.717) is 6.54 Å². The van der Waals surface area contributed by atoms with E-state index in [0.717, 1.165) is 24.6 Å². The summed E-state index contributed by atoms with van der Waals surface area (Å²) in [6.07, 6.45) is 6.82. The van der Waals surface area contributed by atoms with E-state index in [1.54, 1.807) is 6.20 Å². The minimum absolute atomic E-state index is 0.0553. The van der Waals surface area contributed by atoms with Gasteiger partial charge in [0.1, 0.15) is 5.82 Å². The van der Waals surface area contributed by atoms with Gasteiger partial charge in [-0.3, -0.25) is 4.79 Å². The van der Waals surface area contributed by atoms with Gasteiger partial charge in [-0.2, -0.15) is 0 Å². The van der Waals surface area contributed by atoms with Gasteiger partial charge in [-0.1, -0.05) is 43.2 Å². The van der Waals surface area contributed by atoms with Crippen LogP contribution in [0.2, 0.25) is 0 Å². The van der Waals surface area contributed by atoms with Gasteiger partial charge < -0.3 is 15.5 Å². The van der Waals surface area contributed by atoms with Crippen molar-refractivity contribution in [3.63, 3.8) is 0 Å². The van der Waals surface area contributed by atoms with Crippen molar-refractivity contribution in [2.24, 2.45) is 0 Å². The number of carbonyl (C=O) groups excluding carboxylic acids is 1. The average molecular weight is 338 g/mol. The number of carbonyl (C=O) groups is 1. The number of amides is 1. The molecule has 0 saturated carbocycles.